The van der Waals surface area contributed by atoms with Gasteiger partial charge in [-0.2, -0.15) is 0 Å². The number of benzene rings is 2. The summed E-state index contributed by atoms with van der Waals surface area (Å²) in [5.74, 6) is -0.636. The molecule has 1 N–H and O–H groups in total. The number of aryl methyl sites for hydroxylation is 1. The molecule has 0 heterocycles. The molecule has 126 valence electrons. The number of amides is 2. The number of carbonyl (C=O) groups excluding carboxylic acids is 2. The zero-order valence-corrected chi connectivity index (χ0v) is 15.3. The molecule has 0 saturated heterocycles. The molecule has 2 aromatic carbocycles. The minimum atomic E-state index is -0.341. The third-order valence-electron chi connectivity index (χ3n) is 3.30. The Kier molecular flexibility index (Phi) is 6.10. The second kappa shape index (κ2) is 7.88. The standard InChI is InChI=1S/C17H15Cl3N2O2/c1-10-5-12(18)3-4-16(10)21-17(24)9-22(11(2)23)15-7-13(19)6-14(20)8-15/h3-8H,9H2,1-2H3,(H,21,24). The van der Waals surface area contributed by atoms with Crippen LogP contribution in [-0.2, 0) is 9.59 Å². The van der Waals surface area contributed by atoms with Crippen molar-refractivity contribution in [3.63, 3.8) is 0 Å². The van der Waals surface area contributed by atoms with Gasteiger partial charge in [-0.1, -0.05) is 34.8 Å². The summed E-state index contributed by atoms with van der Waals surface area (Å²) in [4.78, 5) is 25.5. The summed E-state index contributed by atoms with van der Waals surface area (Å²) < 4.78 is 0. The molecule has 0 aliphatic heterocycles. The number of nitrogens with one attached hydrogen (secondary N) is 1. The Bertz CT molecular complexity index is 773. The summed E-state index contributed by atoms with van der Waals surface area (Å²) in [6.07, 6.45) is 0. The predicted octanol–water partition coefficient (Wildman–Crippen LogP) is 4.95. The average molecular weight is 386 g/mol. The SMILES string of the molecule is CC(=O)N(CC(=O)Nc1ccc(Cl)cc1C)c1cc(Cl)cc(Cl)c1. The Hall–Kier alpha value is -1.75. The zero-order chi connectivity index (χ0) is 17.9. The number of nitrogens with zero attached hydrogens (tertiary/aromatic N) is 1. The van der Waals surface area contributed by atoms with E-state index < -0.39 is 0 Å². The lowest BCUT2D eigenvalue weighted by molar-refractivity contribution is -0.120. The lowest BCUT2D eigenvalue weighted by atomic mass is 10.2. The van der Waals surface area contributed by atoms with Crippen molar-refractivity contribution in [1.82, 2.24) is 0 Å². The van der Waals surface area contributed by atoms with Crippen LogP contribution in [0, 0.1) is 6.92 Å². The molecule has 4 nitrogen and oxygen atoms in total. The fraction of sp³-hybridized carbons (Fsp3) is 0.176. The van der Waals surface area contributed by atoms with Crippen LogP contribution in [0.15, 0.2) is 36.4 Å². The van der Waals surface area contributed by atoms with Crippen molar-refractivity contribution < 1.29 is 9.59 Å². The number of hydrogen-bond acceptors (Lipinski definition) is 2. The van der Waals surface area contributed by atoms with Crippen molar-refractivity contribution in [3.05, 3.63) is 57.0 Å². The van der Waals surface area contributed by atoms with Crippen LogP contribution in [0.4, 0.5) is 11.4 Å². The predicted molar refractivity (Wildman–Crippen MR) is 99.3 cm³/mol. The first-order chi connectivity index (χ1) is 11.3. The lowest BCUT2D eigenvalue weighted by Crippen LogP contribution is -2.36. The van der Waals surface area contributed by atoms with Gasteiger partial charge in [0.25, 0.3) is 0 Å². The van der Waals surface area contributed by atoms with Crippen LogP contribution in [0.25, 0.3) is 0 Å². The molecule has 7 heteroatoms. The normalized spacial score (nSPS) is 10.4. The second-order valence-corrected chi connectivity index (χ2v) is 6.55. The van der Waals surface area contributed by atoms with Gasteiger partial charge in [0.2, 0.25) is 11.8 Å². The maximum atomic E-state index is 12.3. The topological polar surface area (TPSA) is 49.4 Å². The Morgan fingerprint density at radius 2 is 1.62 bits per heavy atom. The van der Waals surface area contributed by atoms with Crippen LogP contribution < -0.4 is 10.2 Å². The molecule has 0 aliphatic carbocycles. The summed E-state index contributed by atoms with van der Waals surface area (Å²) in [6.45, 7) is 3.05. The first kappa shape index (κ1) is 18.6. The molecule has 0 bridgehead atoms. The molecule has 24 heavy (non-hydrogen) atoms. The summed E-state index contributed by atoms with van der Waals surface area (Å²) >= 11 is 17.8. The average Bonchev–Trinajstić information content (AvgIpc) is 2.46. The Morgan fingerprint density at radius 1 is 1.00 bits per heavy atom. The minimum absolute atomic E-state index is 0.159. The number of anilines is 2. The third-order valence-corrected chi connectivity index (χ3v) is 3.97. The van der Waals surface area contributed by atoms with E-state index in [0.29, 0.717) is 26.4 Å². The molecule has 0 spiro atoms. The molecule has 0 radical (unpaired) electrons. The van der Waals surface area contributed by atoms with Gasteiger partial charge in [-0.15, -0.1) is 0 Å². The van der Waals surface area contributed by atoms with Gasteiger partial charge >= 0.3 is 0 Å². The van der Waals surface area contributed by atoms with Crippen molar-refractivity contribution in [2.24, 2.45) is 0 Å². The van der Waals surface area contributed by atoms with E-state index in [1.165, 1.54) is 11.8 Å². The quantitative estimate of drug-likeness (QED) is 0.810. The van der Waals surface area contributed by atoms with Gasteiger partial charge in [-0.25, -0.2) is 0 Å². The van der Waals surface area contributed by atoms with Crippen molar-refractivity contribution in [2.75, 3.05) is 16.8 Å². The van der Waals surface area contributed by atoms with Gasteiger partial charge in [0.1, 0.15) is 6.54 Å². The number of rotatable bonds is 4. The van der Waals surface area contributed by atoms with Crippen LogP contribution in [0.3, 0.4) is 0 Å². The van der Waals surface area contributed by atoms with Crippen LogP contribution >= 0.6 is 34.8 Å². The van der Waals surface area contributed by atoms with Crippen molar-refractivity contribution in [3.8, 4) is 0 Å². The molecular formula is C17H15Cl3N2O2. The summed E-state index contributed by atoms with van der Waals surface area (Å²) in [6, 6.07) is 9.86. The van der Waals surface area contributed by atoms with Crippen molar-refractivity contribution in [2.45, 2.75) is 13.8 Å². The molecule has 2 amide bonds. The van der Waals surface area contributed by atoms with E-state index in [4.69, 9.17) is 34.8 Å². The van der Waals surface area contributed by atoms with E-state index in [9.17, 15) is 9.59 Å². The molecule has 0 aromatic heterocycles. The van der Waals surface area contributed by atoms with E-state index in [0.717, 1.165) is 5.56 Å². The fourth-order valence-electron chi connectivity index (χ4n) is 2.18. The van der Waals surface area contributed by atoms with E-state index in [2.05, 4.69) is 5.32 Å². The molecule has 0 aliphatic rings. The molecule has 0 unspecified atom stereocenters. The molecule has 2 rings (SSSR count). The second-order valence-electron chi connectivity index (χ2n) is 5.24. The maximum Gasteiger partial charge on any atom is 0.244 e. The maximum absolute atomic E-state index is 12.3. The smallest absolute Gasteiger partial charge is 0.244 e. The Balaban J connectivity index is 2.18. The van der Waals surface area contributed by atoms with Crippen LogP contribution in [0.2, 0.25) is 15.1 Å². The van der Waals surface area contributed by atoms with Crippen molar-refractivity contribution in [1.29, 1.82) is 0 Å². The number of hydrogen-bond donors (Lipinski definition) is 1. The first-order valence-corrected chi connectivity index (χ1v) is 8.20. The first-order valence-electron chi connectivity index (χ1n) is 7.06. The molecule has 0 atom stereocenters. The molecular weight excluding hydrogens is 371 g/mol. The highest BCUT2D eigenvalue weighted by atomic mass is 35.5. The van der Waals surface area contributed by atoms with Gasteiger partial charge in [-0.3, -0.25) is 9.59 Å². The van der Waals surface area contributed by atoms with Gasteiger partial charge in [0.15, 0.2) is 0 Å². The highest BCUT2D eigenvalue weighted by Gasteiger charge is 2.17. The summed E-state index contributed by atoms with van der Waals surface area (Å²) in [7, 11) is 0. The monoisotopic (exact) mass is 384 g/mol. The van der Waals surface area contributed by atoms with Gasteiger partial charge < -0.3 is 10.2 Å². The molecule has 2 aromatic rings. The van der Waals surface area contributed by atoms with Crippen molar-refractivity contribution >= 4 is 58.0 Å². The Labute approximate surface area is 155 Å². The van der Waals surface area contributed by atoms with E-state index >= 15 is 0 Å². The number of halogens is 3. The largest absolute Gasteiger partial charge is 0.324 e. The van der Waals surface area contributed by atoms with E-state index in [1.54, 1.807) is 36.4 Å². The summed E-state index contributed by atoms with van der Waals surface area (Å²) in [5.41, 5.74) is 1.93. The fourth-order valence-corrected chi connectivity index (χ4v) is 2.92. The van der Waals surface area contributed by atoms with Gasteiger partial charge in [-0.05, 0) is 48.9 Å². The molecule has 0 saturated carbocycles. The Morgan fingerprint density at radius 3 is 2.17 bits per heavy atom. The minimum Gasteiger partial charge on any atom is -0.324 e. The van der Waals surface area contributed by atoms with Gasteiger partial charge in [0.05, 0.1) is 0 Å². The van der Waals surface area contributed by atoms with E-state index in [1.807, 2.05) is 6.92 Å². The lowest BCUT2D eigenvalue weighted by Gasteiger charge is -2.21. The van der Waals surface area contributed by atoms with Crippen LogP contribution in [-0.4, -0.2) is 18.4 Å². The summed E-state index contributed by atoms with van der Waals surface area (Å²) in [5, 5.41) is 4.13. The third kappa shape index (κ3) is 4.87. The zero-order valence-electron chi connectivity index (χ0n) is 13.1. The van der Waals surface area contributed by atoms with E-state index in [-0.39, 0.29) is 18.4 Å². The van der Waals surface area contributed by atoms with Crippen LogP contribution in [0.5, 0.6) is 0 Å². The highest BCUT2D eigenvalue weighted by molar-refractivity contribution is 6.35. The molecule has 0 fully saturated rings. The van der Waals surface area contributed by atoms with Crippen LogP contribution in [0.1, 0.15) is 12.5 Å². The number of carbonyl (C=O) groups is 2. The highest BCUT2D eigenvalue weighted by Crippen LogP contribution is 2.26. The van der Waals surface area contributed by atoms with Gasteiger partial charge in [0, 0.05) is 33.4 Å².